The van der Waals surface area contributed by atoms with Crippen molar-refractivity contribution in [2.75, 3.05) is 32.7 Å². The quantitative estimate of drug-likeness (QED) is 0.601. The molecular formula is C19H40N2. The summed E-state index contributed by atoms with van der Waals surface area (Å²) in [5, 5.41) is 3.64. The Morgan fingerprint density at radius 3 is 1.90 bits per heavy atom. The molecule has 1 rings (SSSR count). The zero-order valence-corrected chi connectivity index (χ0v) is 15.4. The highest BCUT2D eigenvalue weighted by molar-refractivity contribution is 4.89. The third-order valence-electron chi connectivity index (χ3n) is 5.02. The van der Waals surface area contributed by atoms with Crippen molar-refractivity contribution in [3.8, 4) is 0 Å². The maximum atomic E-state index is 3.64. The molecule has 0 spiro atoms. The third-order valence-corrected chi connectivity index (χ3v) is 5.02. The molecule has 0 aromatic carbocycles. The summed E-state index contributed by atoms with van der Waals surface area (Å²) in [7, 11) is 0. The molecule has 21 heavy (non-hydrogen) atoms. The SMILES string of the molecule is CCNCC1(CN(CCC(C)C)CCC(C)C)CCCC1. The van der Waals surface area contributed by atoms with Crippen molar-refractivity contribution >= 4 is 0 Å². The van der Waals surface area contributed by atoms with Gasteiger partial charge in [0.05, 0.1) is 0 Å². The van der Waals surface area contributed by atoms with Gasteiger partial charge in [0.2, 0.25) is 0 Å². The van der Waals surface area contributed by atoms with E-state index in [0.717, 1.165) is 18.4 Å². The molecule has 0 aromatic heterocycles. The van der Waals surface area contributed by atoms with Gasteiger partial charge >= 0.3 is 0 Å². The molecule has 1 N–H and O–H groups in total. The predicted octanol–water partition coefficient (Wildman–Crippen LogP) is 4.55. The lowest BCUT2D eigenvalue weighted by atomic mass is 9.85. The Balaban J connectivity index is 2.57. The molecular weight excluding hydrogens is 256 g/mol. The number of nitrogens with zero attached hydrogens (tertiary/aromatic N) is 1. The highest BCUT2D eigenvalue weighted by Gasteiger charge is 2.34. The Labute approximate surface area is 134 Å². The second kappa shape index (κ2) is 9.84. The molecule has 1 fully saturated rings. The molecule has 2 heteroatoms. The summed E-state index contributed by atoms with van der Waals surface area (Å²) in [4.78, 5) is 2.78. The Morgan fingerprint density at radius 1 is 0.952 bits per heavy atom. The van der Waals surface area contributed by atoms with Crippen molar-refractivity contribution in [3.05, 3.63) is 0 Å². The van der Waals surface area contributed by atoms with Crippen molar-refractivity contribution in [3.63, 3.8) is 0 Å². The van der Waals surface area contributed by atoms with Crippen molar-refractivity contribution in [1.82, 2.24) is 10.2 Å². The first-order valence-corrected chi connectivity index (χ1v) is 9.40. The first kappa shape index (κ1) is 19.0. The molecule has 0 bridgehead atoms. The number of hydrogen-bond acceptors (Lipinski definition) is 2. The Bertz CT molecular complexity index is 242. The van der Waals surface area contributed by atoms with Gasteiger partial charge in [0, 0.05) is 13.1 Å². The lowest BCUT2D eigenvalue weighted by molar-refractivity contribution is 0.138. The van der Waals surface area contributed by atoms with Crippen LogP contribution in [0.15, 0.2) is 0 Å². The molecule has 0 aromatic rings. The molecule has 0 radical (unpaired) electrons. The van der Waals surface area contributed by atoms with Gasteiger partial charge in [0.25, 0.3) is 0 Å². The van der Waals surface area contributed by atoms with Gasteiger partial charge in [-0.25, -0.2) is 0 Å². The number of hydrogen-bond donors (Lipinski definition) is 1. The number of nitrogens with one attached hydrogen (secondary N) is 1. The van der Waals surface area contributed by atoms with Crippen molar-refractivity contribution in [2.45, 2.75) is 73.1 Å². The minimum absolute atomic E-state index is 0.559. The minimum atomic E-state index is 0.559. The van der Waals surface area contributed by atoms with Gasteiger partial charge in [-0.3, -0.25) is 0 Å². The molecule has 126 valence electrons. The largest absolute Gasteiger partial charge is 0.316 e. The fraction of sp³-hybridized carbons (Fsp3) is 1.00. The molecule has 2 nitrogen and oxygen atoms in total. The second-order valence-electron chi connectivity index (χ2n) is 8.13. The summed E-state index contributed by atoms with van der Waals surface area (Å²) >= 11 is 0. The van der Waals surface area contributed by atoms with E-state index in [2.05, 4.69) is 44.8 Å². The smallest absolute Gasteiger partial charge is 0.00501 e. The topological polar surface area (TPSA) is 15.3 Å². The van der Waals surface area contributed by atoms with Gasteiger partial charge in [0.15, 0.2) is 0 Å². The fourth-order valence-electron chi connectivity index (χ4n) is 3.53. The van der Waals surface area contributed by atoms with Crippen LogP contribution in [-0.4, -0.2) is 37.6 Å². The minimum Gasteiger partial charge on any atom is -0.316 e. The summed E-state index contributed by atoms with van der Waals surface area (Å²) in [6.45, 7) is 17.9. The van der Waals surface area contributed by atoms with Gasteiger partial charge in [-0.1, -0.05) is 47.5 Å². The summed E-state index contributed by atoms with van der Waals surface area (Å²) in [5.41, 5.74) is 0.559. The lowest BCUT2D eigenvalue weighted by Crippen LogP contribution is -2.43. The van der Waals surface area contributed by atoms with E-state index in [1.807, 2.05) is 0 Å². The lowest BCUT2D eigenvalue weighted by Gasteiger charge is -2.36. The molecule has 1 aliphatic rings. The molecule has 0 heterocycles. The molecule has 0 aliphatic heterocycles. The summed E-state index contributed by atoms with van der Waals surface area (Å²) in [6.07, 6.45) is 8.42. The van der Waals surface area contributed by atoms with E-state index in [1.54, 1.807) is 0 Å². The average molecular weight is 297 g/mol. The van der Waals surface area contributed by atoms with Crippen molar-refractivity contribution in [1.29, 1.82) is 0 Å². The normalized spacial score (nSPS) is 18.3. The van der Waals surface area contributed by atoms with Gasteiger partial charge < -0.3 is 10.2 Å². The van der Waals surface area contributed by atoms with Crippen LogP contribution < -0.4 is 5.32 Å². The summed E-state index contributed by atoms with van der Waals surface area (Å²) in [6, 6.07) is 0. The highest BCUT2D eigenvalue weighted by atomic mass is 15.1. The van der Waals surface area contributed by atoms with E-state index in [1.165, 1.54) is 64.7 Å². The average Bonchev–Trinajstić information content (AvgIpc) is 2.88. The first-order valence-electron chi connectivity index (χ1n) is 9.40. The van der Waals surface area contributed by atoms with E-state index < -0.39 is 0 Å². The van der Waals surface area contributed by atoms with E-state index in [4.69, 9.17) is 0 Å². The molecule has 0 unspecified atom stereocenters. The number of rotatable bonds is 11. The molecule has 0 amide bonds. The molecule has 0 saturated heterocycles. The van der Waals surface area contributed by atoms with Crippen LogP contribution >= 0.6 is 0 Å². The van der Waals surface area contributed by atoms with Crippen LogP contribution in [0, 0.1) is 17.3 Å². The van der Waals surface area contributed by atoms with Crippen LogP contribution in [0.5, 0.6) is 0 Å². The van der Waals surface area contributed by atoms with Gasteiger partial charge in [-0.05, 0) is 62.6 Å². The summed E-state index contributed by atoms with van der Waals surface area (Å²) < 4.78 is 0. The standard InChI is InChI=1S/C19H40N2/c1-6-20-15-19(11-7-8-12-19)16-21(13-9-17(2)3)14-10-18(4)5/h17-18,20H,6-16H2,1-5H3. The van der Waals surface area contributed by atoms with Crippen LogP contribution in [0.2, 0.25) is 0 Å². The second-order valence-corrected chi connectivity index (χ2v) is 8.13. The molecule has 0 atom stereocenters. The zero-order chi connectivity index (χ0) is 15.7. The maximum Gasteiger partial charge on any atom is 0.00501 e. The summed E-state index contributed by atoms with van der Waals surface area (Å²) in [5.74, 6) is 1.64. The maximum absolute atomic E-state index is 3.64. The Hall–Kier alpha value is -0.0800. The van der Waals surface area contributed by atoms with E-state index in [9.17, 15) is 0 Å². The monoisotopic (exact) mass is 296 g/mol. The van der Waals surface area contributed by atoms with E-state index in [0.29, 0.717) is 5.41 Å². The van der Waals surface area contributed by atoms with Crippen molar-refractivity contribution in [2.24, 2.45) is 17.3 Å². The Kier molecular flexibility index (Phi) is 8.89. The zero-order valence-electron chi connectivity index (χ0n) is 15.4. The molecule has 1 aliphatic carbocycles. The van der Waals surface area contributed by atoms with Crippen LogP contribution in [0.4, 0.5) is 0 Å². The van der Waals surface area contributed by atoms with Crippen LogP contribution in [0.25, 0.3) is 0 Å². The van der Waals surface area contributed by atoms with Crippen LogP contribution in [-0.2, 0) is 0 Å². The van der Waals surface area contributed by atoms with Gasteiger partial charge in [0.1, 0.15) is 0 Å². The van der Waals surface area contributed by atoms with Crippen LogP contribution in [0.3, 0.4) is 0 Å². The van der Waals surface area contributed by atoms with Crippen LogP contribution in [0.1, 0.15) is 73.1 Å². The Morgan fingerprint density at radius 2 is 1.48 bits per heavy atom. The predicted molar refractivity (Wildman–Crippen MR) is 94.8 cm³/mol. The highest BCUT2D eigenvalue weighted by Crippen LogP contribution is 2.38. The van der Waals surface area contributed by atoms with Gasteiger partial charge in [-0.15, -0.1) is 0 Å². The van der Waals surface area contributed by atoms with Crippen molar-refractivity contribution < 1.29 is 0 Å². The van der Waals surface area contributed by atoms with Gasteiger partial charge in [-0.2, -0.15) is 0 Å². The van der Waals surface area contributed by atoms with E-state index >= 15 is 0 Å². The first-order chi connectivity index (χ1) is 9.97. The van der Waals surface area contributed by atoms with E-state index in [-0.39, 0.29) is 0 Å². The fourth-order valence-corrected chi connectivity index (χ4v) is 3.53. The molecule has 1 saturated carbocycles. The third kappa shape index (κ3) is 7.65.